The first-order valence-electron chi connectivity index (χ1n) is 13.4. The maximum atomic E-state index is 13.4. The lowest BCUT2D eigenvalue weighted by molar-refractivity contribution is 0.0520. The predicted octanol–water partition coefficient (Wildman–Crippen LogP) is 8.17. The minimum absolute atomic E-state index is 0.186. The number of carbonyl (C=O) groups excluding carboxylic acids is 1. The Hall–Kier alpha value is -3.96. The first kappa shape index (κ1) is 32.6. The molecular weight excluding hydrogens is 581 g/mol. The summed E-state index contributed by atoms with van der Waals surface area (Å²) in [6, 6.07) is 11.4. The first-order chi connectivity index (χ1) is 20.1. The van der Waals surface area contributed by atoms with Crippen molar-refractivity contribution in [1.29, 1.82) is 0 Å². The summed E-state index contributed by atoms with van der Waals surface area (Å²) < 4.78 is 30.3. The SMILES string of the molecule is C/C=C(/CNC(=O)OC(C)(C)C)OCc1nc2c(Nc3ccc(OCc4cccc(F)c4)c(Cl)c3)ncnc2s1.CC. The number of nitrogens with one attached hydrogen (secondary N) is 2. The Morgan fingerprint density at radius 3 is 2.60 bits per heavy atom. The van der Waals surface area contributed by atoms with E-state index in [1.165, 1.54) is 29.8 Å². The van der Waals surface area contributed by atoms with Gasteiger partial charge in [0.15, 0.2) is 5.82 Å². The van der Waals surface area contributed by atoms with Gasteiger partial charge >= 0.3 is 6.09 Å². The molecule has 0 saturated heterocycles. The molecule has 0 fully saturated rings. The average molecular weight is 616 g/mol. The highest BCUT2D eigenvalue weighted by atomic mass is 35.5. The molecule has 2 N–H and O–H groups in total. The minimum Gasteiger partial charge on any atom is -0.489 e. The van der Waals surface area contributed by atoms with Crippen molar-refractivity contribution < 1.29 is 23.4 Å². The number of thiazole rings is 1. The van der Waals surface area contributed by atoms with Crippen molar-refractivity contribution in [3.63, 3.8) is 0 Å². The van der Waals surface area contributed by atoms with Crippen molar-refractivity contribution in [3.8, 4) is 5.75 Å². The summed E-state index contributed by atoms with van der Waals surface area (Å²) in [4.78, 5) is 25.9. The van der Waals surface area contributed by atoms with E-state index in [1.807, 2.05) is 20.8 Å². The quantitative estimate of drug-likeness (QED) is 0.172. The van der Waals surface area contributed by atoms with Gasteiger partial charge in [-0.3, -0.25) is 0 Å². The number of aromatic nitrogens is 3. The predicted molar refractivity (Wildman–Crippen MR) is 165 cm³/mol. The number of alkyl carbamates (subject to hydrolysis) is 1. The molecule has 4 rings (SSSR count). The molecule has 2 aromatic heterocycles. The largest absolute Gasteiger partial charge is 0.489 e. The van der Waals surface area contributed by atoms with Crippen molar-refractivity contribution in [2.75, 3.05) is 11.9 Å². The monoisotopic (exact) mass is 615 g/mol. The van der Waals surface area contributed by atoms with Crippen LogP contribution in [0.15, 0.2) is 60.6 Å². The van der Waals surface area contributed by atoms with Crippen molar-refractivity contribution in [2.45, 2.75) is 60.4 Å². The molecule has 9 nitrogen and oxygen atoms in total. The highest BCUT2D eigenvalue weighted by molar-refractivity contribution is 7.18. The van der Waals surface area contributed by atoms with Crippen LogP contribution in [0, 0.1) is 5.82 Å². The van der Waals surface area contributed by atoms with Crippen LogP contribution in [0.4, 0.5) is 20.7 Å². The van der Waals surface area contributed by atoms with E-state index < -0.39 is 11.7 Å². The molecule has 42 heavy (non-hydrogen) atoms. The van der Waals surface area contributed by atoms with Gasteiger partial charge in [-0.05, 0) is 69.7 Å². The third kappa shape index (κ3) is 9.85. The maximum Gasteiger partial charge on any atom is 0.408 e. The fourth-order valence-corrected chi connectivity index (χ4v) is 4.49. The molecule has 224 valence electrons. The second kappa shape index (κ2) is 15.3. The van der Waals surface area contributed by atoms with E-state index in [-0.39, 0.29) is 25.6 Å². The number of halogens is 2. The number of hydrogen-bond donors (Lipinski definition) is 2. The van der Waals surface area contributed by atoms with Crippen LogP contribution in [0.25, 0.3) is 10.3 Å². The second-order valence-electron chi connectivity index (χ2n) is 9.57. The number of ether oxygens (including phenoxy) is 3. The number of anilines is 2. The molecule has 0 saturated carbocycles. The number of rotatable bonds is 10. The molecule has 1 amide bonds. The van der Waals surface area contributed by atoms with Gasteiger partial charge in [0, 0.05) is 5.69 Å². The van der Waals surface area contributed by atoms with Crippen molar-refractivity contribution >= 4 is 50.9 Å². The Morgan fingerprint density at radius 1 is 1.12 bits per heavy atom. The van der Waals surface area contributed by atoms with Gasteiger partial charge in [0.2, 0.25) is 0 Å². The molecular formula is C30H35ClFN5O4S. The van der Waals surface area contributed by atoms with E-state index in [0.29, 0.717) is 49.0 Å². The van der Waals surface area contributed by atoms with Crippen LogP contribution in [-0.2, 0) is 22.7 Å². The number of allylic oxidation sites excluding steroid dienone is 1. The van der Waals surface area contributed by atoms with Crippen LogP contribution in [0.2, 0.25) is 5.02 Å². The Kier molecular flexibility index (Phi) is 11.9. The lowest BCUT2D eigenvalue weighted by Gasteiger charge is -2.20. The molecule has 0 aliphatic carbocycles. The Labute approximate surface area is 254 Å². The van der Waals surface area contributed by atoms with Crippen molar-refractivity contribution in [1.82, 2.24) is 20.3 Å². The average Bonchev–Trinajstić information content (AvgIpc) is 3.37. The molecule has 12 heteroatoms. The Balaban J connectivity index is 0.00000237. The Bertz CT molecular complexity index is 1520. The molecule has 2 aromatic carbocycles. The normalized spacial score (nSPS) is 11.4. The third-order valence-corrected chi connectivity index (χ3v) is 6.46. The van der Waals surface area contributed by atoms with Crippen LogP contribution in [0.1, 0.15) is 52.1 Å². The van der Waals surface area contributed by atoms with Gasteiger partial charge in [-0.1, -0.05) is 48.9 Å². The van der Waals surface area contributed by atoms with E-state index in [0.717, 1.165) is 0 Å². The number of fused-ring (bicyclic) bond motifs is 1. The van der Waals surface area contributed by atoms with Gasteiger partial charge in [0.25, 0.3) is 0 Å². The summed E-state index contributed by atoms with van der Waals surface area (Å²) in [5.41, 5.74) is 1.38. The van der Waals surface area contributed by atoms with E-state index >= 15 is 0 Å². The molecule has 0 spiro atoms. The number of amides is 1. The molecule has 0 unspecified atom stereocenters. The van der Waals surface area contributed by atoms with Gasteiger partial charge in [-0.2, -0.15) is 0 Å². The van der Waals surface area contributed by atoms with Gasteiger partial charge in [-0.25, -0.2) is 24.1 Å². The molecule has 0 aliphatic rings. The topological polar surface area (TPSA) is 107 Å². The van der Waals surface area contributed by atoms with E-state index in [2.05, 4.69) is 25.6 Å². The zero-order chi connectivity index (χ0) is 30.7. The number of benzene rings is 2. The number of nitrogens with zero attached hydrogens (tertiary/aromatic N) is 3. The summed E-state index contributed by atoms with van der Waals surface area (Å²) in [5.74, 6) is 1.23. The zero-order valence-corrected chi connectivity index (χ0v) is 26.0. The van der Waals surface area contributed by atoms with Crippen molar-refractivity contribution in [3.05, 3.63) is 82.0 Å². The van der Waals surface area contributed by atoms with Gasteiger partial charge in [-0.15, -0.1) is 0 Å². The summed E-state index contributed by atoms with van der Waals surface area (Å²) >= 11 is 7.81. The summed E-state index contributed by atoms with van der Waals surface area (Å²) in [6.45, 7) is 11.8. The van der Waals surface area contributed by atoms with E-state index in [1.54, 1.807) is 57.2 Å². The Morgan fingerprint density at radius 2 is 1.90 bits per heavy atom. The summed E-state index contributed by atoms with van der Waals surface area (Å²) in [7, 11) is 0. The maximum absolute atomic E-state index is 13.4. The third-order valence-electron chi connectivity index (χ3n) is 5.23. The number of hydrogen-bond acceptors (Lipinski definition) is 9. The molecule has 0 radical (unpaired) electrons. The van der Waals surface area contributed by atoms with Crippen molar-refractivity contribution in [2.24, 2.45) is 0 Å². The van der Waals surface area contributed by atoms with Crippen LogP contribution in [-0.4, -0.2) is 33.2 Å². The van der Waals surface area contributed by atoms with E-state index in [9.17, 15) is 9.18 Å². The fourth-order valence-electron chi connectivity index (χ4n) is 3.43. The molecule has 0 bridgehead atoms. The minimum atomic E-state index is -0.583. The lowest BCUT2D eigenvalue weighted by Crippen LogP contribution is -2.33. The van der Waals surface area contributed by atoms with Gasteiger partial charge in [0.1, 0.15) is 57.8 Å². The van der Waals surface area contributed by atoms with Crippen LogP contribution < -0.4 is 15.4 Å². The van der Waals surface area contributed by atoms with Gasteiger partial charge in [0.05, 0.1) is 11.6 Å². The summed E-state index contributed by atoms with van der Waals surface area (Å²) in [5, 5.41) is 6.98. The highest BCUT2D eigenvalue weighted by Gasteiger charge is 2.17. The molecule has 2 heterocycles. The summed E-state index contributed by atoms with van der Waals surface area (Å²) in [6.07, 6.45) is 2.70. The van der Waals surface area contributed by atoms with E-state index in [4.69, 9.17) is 25.8 Å². The van der Waals surface area contributed by atoms with Crippen LogP contribution in [0.5, 0.6) is 5.75 Å². The zero-order valence-electron chi connectivity index (χ0n) is 24.5. The van der Waals surface area contributed by atoms with Gasteiger partial charge < -0.3 is 24.8 Å². The molecule has 0 aliphatic heterocycles. The van der Waals surface area contributed by atoms with Crippen LogP contribution >= 0.6 is 22.9 Å². The van der Waals surface area contributed by atoms with Crippen LogP contribution in [0.3, 0.4) is 0 Å². The standard InChI is InChI=1S/C28H29ClFN5O4S.C2H6/c1-5-20(13-31-27(36)39-28(2,3)4)37-15-23-35-24-25(32-16-33-26(24)40-23)34-19-9-10-22(21(29)12-19)38-14-17-7-6-8-18(30)11-17;1-2/h5-12,16H,13-15H2,1-4H3,(H,31,36)(H,32,33,34);1-2H3/b20-5-;. The molecule has 4 aromatic rings. The smallest absolute Gasteiger partial charge is 0.408 e. The first-order valence-corrected chi connectivity index (χ1v) is 14.6. The number of carbonyl (C=O) groups is 1. The lowest BCUT2D eigenvalue weighted by atomic mass is 10.2. The molecule has 0 atom stereocenters. The highest BCUT2D eigenvalue weighted by Crippen LogP contribution is 2.32. The second-order valence-corrected chi connectivity index (χ2v) is 11.0. The fraction of sp³-hybridized carbons (Fsp3) is 0.333.